The van der Waals surface area contributed by atoms with Gasteiger partial charge in [0.15, 0.2) is 0 Å². The molecule has 0 fully saturated rings. The highest BCUT2D eigenvalue weighted by atomic mass is 16.3. The summed E-state index contributed by atoms with van der Waals surface area (Å²) < 4.78 is 9.17. The number of nitrogens with zero attached hydrogens (tertiary/aromatic N) is 1. The molecule has 10 rings (SSSR count). The maximum Gasteiger partial charge on any atom is 0.145 e. The molecular weight excluding hydrogens is 583 g/mol. The van der Waals surface area contributed by atoms with Crippen LogP contribution in [0.25, 0.3) is 93.6 Å². The van der Waals surface area contributed by atoms with Crippen LogP contribution in [0.2, 0.25) is 0 Å². The molecule has 2 heterocycles. The molecule has 0 amide bonds. The number of fused-ring (bicyclic) bond motifs is 9. The third-order valence-electron chi connectivity index (χ3n) is 9.77. The van der Waals surface area contributed by atoms with Crippen molar-refractivity contribution in [1.82, 2.24) is 4.57 Å². The lowest BCUT2D eigenvalue weighted by Crippen LogP contribution is -1.94. The first-order chi connectivity index (χ1) is 23.8. The molecule has 0 atom stereocenters. The number of rotatable bonds is 4. The third kappa shape index (κ3) is 4.13. The quantitative estimate of drug-likeness (QED) is 0.194. The van der Waals surface area contributed by atoms with Crippen LogP contribution in [0.3, 0.4) is 0 Å². The fourth-order valence-electron chi connectivity index (χ4n) is 7.48. The van der Waals surface area contributed by atoms with Crippen LogP contribution in [-0.4, -0.2) is 4.57 Å². The van der Waals surface area contributed by atoms with Crippen molar-refractivity contribution in [3.8, 4) is 39.1 Å². The highest BCUT2D eigenvalue weighted by Crippen LogP contribution is 2.42. The maximum atomic E-state index is 6.80. The zero-order valence-corrected chi connectivity index (χ0v) is 26.1. The van der Waals surface area contributed by atoms with E-state index in [0.717, 1.165) is 49.4 Å². The van der Waals surface area contributed by atoms with Crippen molar-refractivity contribution in [2.45, 2.75) is 0 Å². The molecule has 48 heavy (non-hydrogen) atoms. The highest BCUT2D eigenvalue weighted by Gasteiger charge is 2.19. The van der Waals surface area contributed by atoms with E-state index in [2.05, 4.69) is 180 Å². The number of hydrogen-bond acceptors (Lipinski definition) is 1. The van der Waals surface area contributed by atoms with Gasteiger partial charge in [-0.05, 0) is 93.4 Å². The van der Waals surface area contributed by atoms with E-state index in [1.54, 1.807) is 0 Å². The van der Waals surface area contributed by atoms with Crippen molar-refractivity contribution in [2.75, 3.05) is 0 Å². The van der Waals surface area contributed by atoms with Gasteiger partial charge in [0.05, 0.1) is 16.4 Å². The fraction of sp³-hybridized carbons (Fsp3) is 0. The Kier molecular flexibility index (Phi) is 5.91. The van der Waals surface area contributed by atoms with Crippen molar-refractivity contribution in [2.24, 2.45) is 0 Å². The number of furan rings is 1. The van der Waals surface area contributed by atoms with E-state index in [0.29, 0.717) is 0 Å². The minimum absolute atomic E-state index is 0.941. The molecule has 0 aliphatic heterocycles. The summed E-state index contributed by atoms with van der Waals surface area (Å²) >= 11 is 0. The van der Waals surface area contributed by atoms with Crippen LogP contribution < -0.4 is 0 Å². The molecule has 0 N–H and O–H groups in total. The Bertz CT molecular complexity index is 2750. The van der Waals surface area contributed by atoms with Gasteiger partial charge in [-0.25, -0.2) is 0 Å². The van der Waals surface area contributed by atoms with Gasteiger partial charge < -0.3 is 8.98 Å². The van der Waals surface area contributed by atoms with Crippen molar-refractivity contribution < 1.29 is 4.42 Å². The second kappa shape index (κ2) is 10.6. The lowest BCUT2D eigenvalue weighted by molar-refractivity contribution is 0.676. The van der Waals surface area contributed by atoms with Crippen molar-refractivity contribution in [3.05, 3.63) is 176 Å². The maximum absolute atomic E-state index is 6.80. The van der Waals surface area contributed by atoms with E-state index in [1.807, 2.05) is 0 Å². The van der Waals surface area contributed by atoms with Gasteiger partial charge >= 0.3 is 0 Å². The molecule has 0 saturated heterocycles. The van der Waals surface area contributed by atoms with Crippen LogP contribution in [0.15, 0.2) is 180 Å². The number of benzene rings is 8. The van der Waals surface area contributed by atoms with Crippen LogP contribution in [0.4, 0.5) is 0 Å². The summed E-state index contributed by atoms with van der Waals surface area (Å²) in [7, 11) is 0. The topological polar surface area (TPSA) is 18.1 Å². The second-order valence-electron chi connectivity index (χ2n) is 12.5. The molecule has 0 aliphatic carbocycles. The normalized spacial score (nSPS) is 11.8. The summed E-state index contributed by atoms with van der Waals surface area (Å²) in [5, 5.41) is 6.97. The standard InChI is InChI=1S/C46H29NO/c1-3-11-30(12-4-1)34-27-35(31-13-5-2-6-14-31)29-36(28-34)32-19-22-37(23-20-32)47-42-18-10-9-17-41(42)44-43(47)26-25-40-39-24-21-33-15-7-8-16-38(33)45(39)48-46(40)44/h1-29H. The summed E-state index contributed by atoms with van der Waals surface area (Å²) in [4.78, 5) is 0. The van der Waals surface area contributed by atoms with E-state index in [-0.39, 0.29) is 0 Å². The summed E-state index contributed by atoms with van der Waals surface area (Å²) in [6.45, 7) is 0. The van der Waals surface area contributed by atoms with E-state index in [1.165, 1.54) is 44.2 Å². The van der Waals surface area contributed by atoms with Crippen LogP contribution in [0.1, 0.15) is 0 Å². The largest absolute Gasteiger partial charge is 0.455 e. The average Bonchev–Trinajstić information content (AvgIpc) is 3.72. The van der Waals surface area contributed by atoms with E-state index in [4.69, 9.17) is 4.42 Å². The Labute approximate surface area is 277 Å². The van der Waals surface area contributed by atoms with Crippen molar-refractivity contribution in [1.29, 1.82) is 0 Å². The average molecular weight is 612 g/mol. The monoisotopic (exact) mass is 611 g/mol. The summed E-state index contributed by atoms with van der Waals surface area (Å²) in [6.07, 6.45) is 0. The Hall–Kier alpha value is -6.38. The molecule has 0 aliphatic rings. The third-order valence-corrected chi connectivity index (χ3v) is 9.77. The molecule has 2 nitrogen and oxygen atoms in total. The number of para-hydroxylation sites is 1. The molecule has 8 aromatic carbocycles. The first kappa shape index (κ1) is 26.8. The zero-order chi connectivity index (χ0) is 31.6. The Balaban J connectivity index is 1.15. The van der Waals surface area contributed by atoms with Gasteiger partial charge in [0, 0.05) is 27.2 Å². The minimum atomic E-state index is 0.941. The van der Waals surface area contributed by atoms with Gasteiger partial charge in [0.2, 0.25) is 0 Å². The Morgan fingerprint density at radius 1 is 0.333 bits per heavy atom. The molecule has 0 spiro atoms. The summed E-state index contributed by atoms with van der Waals surface area (Å²) in [5.74, 6) is 0. The lowest BCUT2D eigenvalue weighted by Gasteiger charge is -2.13. The smallest absolute Gasteiger partial charge is 0.145 e. The van der Waals surface area contributed by atoms with Gasteiger partial charge in [-0.15, -0.1) is 0 Å². The van der Waals surface area contributed by atoms with Gasteiger partial charge in [0.25, 0.3) is 0 Å². The molecule has 0 bridgehead atoms. The van der Waals surface area contributed by atoms with E-state index < -0.39 is 0 Å². The molecule has 2 heteroatoms. The molecule has 0 radical (unpaired) electrons. The Morgan fingerprint density at radius 3 is 1.56 bits per heavy atom. The first-order valence-electron chi connectivity index (χ1n) is 16.4. The SMILES string of the molecule is c1ccc(-c2cc(-c3ccccc3)cc(-c3ccc(-n4c5ccccc5c5c6oc7c8ccccc8ccc7c6ccc54)cc3)c2)cc1. The first-order valence-corrected chi connectivity index (χ1v) is 16.4. The molecule has 0 saturated carbocycles. The molecule has 2 aromatic heterocycles. The van der Waals surface area contributed by atoms with E-state index in [9.17, 15) is 0 Å². The van der Waals surface area contributed by atoms with Gasteiger partial charge in [-0.3, -0.25) is 0 Å². The van der Waals surface area contributed by atoms with Crippen molar-refractivity contribution >= 4 is 54.5 Å². The summed E-state index contributed by atoms with van der Waals surface area (Å²) in [5.41, 5.74) is 12.5. The Morgan fingerprint density at radius 2 is 0.875 bits per heavy atom. The fourth-order valence-corrected chi connectivity index (χ4v) is 7.48. The lowest BCUT2D eigenvalue weighted by atomic mass is 9.93. The van der Waals surface area contributed by atoms with Gasteiger partial charge in [-0.2, -0.15) is 0 Å². The van der Waals surface area contributed by atoms with E-state index >= 15 is 0 Å². The van der Waals surface area contributed by atoms with Gasteiger partial charge in [0.1, 0.15) is 11.2 Å². The predicted octanol–water partition coefficient (Wildman–Crippen LogP) is 12.8. The zero-order valence-electron chi connectivity index (χ0n) is 26.1. The van der Waals surface area contributed by atoms with Crippen LogP contribution in [0.5, 0.6) is 0 Å². The van der Waals surface area contributed by atoms with Crippen LogP contribution in [0, 0.1) is 0 Å². The molecule has 0 unspecified atom stereocenters. The highest BCUT2D eigenvalue weighted by molar-refractivity contribution is 6.26. The number of aromatic nitrogens is 1. The molecule has 224 valence electrons. The summed E-state index contributed by atoms with van der Waals surface area (Å²) in [6, 6.07) is 63.2. The molecule has 10 aromatic rings. The van der Waals surface area contributed by atoms with Crippen LogP contribution >= 0.6 is 0 Å². The van der Waals surface area contributed by atoms with Crippen LogP contribution in [-0.2, 0) is 0 Å². The second-order valence-corrected chi connectivity index (χ2v) is 12.5. The number of hydrogen-bond donors (Lipinski definition) is 0. The van der Waals surface area contributed by atoms with Crippen molar-refractivity contribution in [3.63, 3.8) is 0 Å². The van der Waals surface area contributed by atoms with Gasteiger partial charge in [-0.1, -0.05) is 121 Å². The molecular formula is C46H29NO. The minimum Gasteiger partial charge on any atom is -0.455 e. The predicted molar refractivity (Wildman–Crippen MR) is 202 cm³/mol.